The second-order valence-electron chi connectivity index (χ2n) is 6.06. The zero-order valence-electron chi connectivity index (χ0n) is 13.2. The van der Waals surface area contributed by atoms with Crippen molar-refractivity contribution in [2.75, 3.05) is 0 Å². The summed E-state index contributed by atoms with van der Waals surface area (Å²) in [5.74, 6) is -0.124. The van der Waals surface area contributed by atoms with Crippen molar-refractivity contribution in [2.24, 2.45) is 0 Å². The van der Waals surface area contributed by atoms with Crippen molar-refractivity contribution < 1.29 is 9.59 Å². The van der Waals surface area contributed by atoms with Gasteiger partial charge in [-0.2, -0.15) is 5.10 Å². The van der Waals surface area contributed by atoms with Crippen molar-refractivity contribution >= 4 is 23.2 Å². The van der Waals surface area contributed by atoms with Crippen molar-refractivity contribution in [1.29, 1.82) is 0 Å². The number of aromatic nitrogens is 2. The molecule has 2 aromatic rings. The molecular formula is C16H20N4O2S. The Morgan fingerprint density at radius 2 is 2.30 bits per heavy atom. The van der Waals surface area contributed by atoms with Gasteiger partial charge in [-0.1, -0.05) is 6.07 Å². The first kappa shape index (κ1) is 15.7. The second-order valence-corrected chi connectivity index (χ2v) is 7.09. The Bertz CT molecular complexity index is 682. The number of carbonyl (C=O) groups is 2. The van der Waals surface area contributed by atoms with Crippen molar-refractivity contribution in [2.45, 2.75) is 45.3 Å². The Kier molecular flexibility index (Phi) is 4.47. The summed E-state index contributed by atoms with van der Waals surface area (Å²) in [6.45, 7) is 4.45. The monoisotopic (exact) mass is 332 g/mol. The van der Waals surface area contributed by atoms with Crippen LogP contribution < -0.4 is 10.6 Å². The summed E-state index contributed by atoms with van der Waals surface area (Å²) in [7, 11) is 0. The summed E-state index contributed by atoms with van der Waals surface area (Å²) in [5, 5.41) is 12.2. The highest BCUT2D eigenvalue weighted by Gasteiger charge is 2.26. The summed E-state index contributed by atoms with van der Waals surface area (Å²) < 4.78 is 1.81. The Morgan fingerprint density at radius 1 is 1.48 bits per heavy atom. The van der Waals surface area contributed by atoms with Gasteiger partial charge in [0.1, 0.15) is 5.69 Å². The highest BCUT2D eigenvalue weighted by atomic mass is 32.1. The van der Waals surface area contributed by atoms with Gasteiger partial charge in [-0.05, 0) is 31.4 Å². The van der Waals surface area contributed by atoms with Crippen molar-refractivity contribution in [1.82, 2.24) is 20.4 Å². The van der Waals surface area contributed by atoms with Gasteiger partial charge in [0.15, 0.2) is 0 Å². The van der Waals surface area contributed by atoms with Crippen LogP contribution in [-0.2, 0) is 24.2 Å². The number of nitrogens with one attached hydrogen (secondary N) is 2. The van der Waals surface area contributed by atoms with E-state index in [1.165, 1.54) is 0 Å². The van der Waals surface area contributed by atoms with Gasteiger partial charge in [0.2, 0.25) is 5.91 Å². The van der Waals surface area contributed by atoms with E-state index in [1.807, 2.05) is 42.1 Å². The Morgan fingerprint density at radius 3 is 2.96 bits per heavy atom. The predicted molar refractivity (Wildman–Crippen MR) is 88.5 cm³/mol. The SMILES string of the molecule is CC(C)NC(=O)c1cc2n(n1)C[C@@H](NC(=O)Cc1cccs1)C2. The number of thiophene rings is 1. The quantitative estimate of drug-likeness (QED) is 0.868. The van der Waals surface area contributed by atoms with Gasteiger partial charge in [0.05, 0.1) is 19.0 Å². The minimum atomic E-state index is -0.153. The molecule has 0 fully saturated rings. The number of rotatable bonds is 5. The van der Waals surface area contributed by atoms with Gasteiger partial charge in [0, 0.05) is 23.0 Å². The number of fused-ring (bicyclic) bond motifs is 1. The Balaban J connectivity index is 1.55. The van der Waals surface area contributed by atoms with Crippen molar-refractivity contribution in [3.8, 4) is 0 Å². The maximum atomic E-state index is 12.0. The van der Waals surface area contributed by atoms with Crippen LogP contribution in [0, 0.1) is 0 Å². The van der Waals surface area contributed by atoms with Crippen LogP contribution in [0.4, 0.5) is 0 Å². The van der Waals surface area contributed by atoms with Crippen LogP contribution in [0.15, 0.2) is 23.6 Å². The van der Waals surface area contributed by atoms with Crippen LogP contribution in [-0.4, -0.2) is 33.7 Å². The summed E-state index contributed by atoms with van der Waals surface area (Å²) in [4.78, 5) is 25.0. The number of carbonyl (C=O) groups excluding carboxylic acids is 2. The first-order valence-electron chi connectivity index (χ1n) is 7.70. The molecule has 3 rings (SSSR count). The summed E-state index contributed by atoms with van der Waals surface area (Å²) in [6.07, 6.45) is 1.12. The van der Waals surface area contributed by atoms with E-state index in [9.17, 15) is 9.59 Å². The predicted octanol–water partition coefficient (Wildman–Crippen LogP) is 1.37. The van der Waals surface area contributed by atoms with E-state index in [-0.39, 0.29) is 23.9 Å². The van der Waals surface area contributed by atoms with Crippen LogP contribution in [0.3, 0.4) is 0 Å². The normalized spacial score (nSPS) is 16.4. The van der Waals surface area contributed by atoms with E-state index in [1.54, 1.807) is 11.3 Å². The minimum Gasteiger partial charge on any atom is -0.351 e. The molecule has 23 heavy (non-hydrogen) atoms. The molecule has 1 aliphatic heterocycles. The Labute approximate surface area is 138 Å². The molecule has 122 valence electrons. The molecule has 0 aromatic carbocycles. The maximum Gasteiger partial charge on any atom is 0.271 e. The van der Waals surface area contributed by atoms with Crippen LogP contribution in [0.25, 0.3) is 0 Å². The fraction of sp³-hybridized carbons (Fsp3) is 0.438. The lowest BCUT2D eigenvalue weighted by Gasteiger charge is -2.11. The van der Waals surface area contributed by atoms with E-state index >= 15 is 0 Å². The fourth-order valence-electron chi connectivity index (χ4n) is 2.70. The highest BCUT2D eigenvalue weighted by molar-refractivity contribution is 7.10. The third kappa shape index (κ3) is 3.79. The van der Waals surface area contributed by atoms with Gasteiger partial charge < -0.3 is 10.6 Å². The molecule has 0 radical (unpaired) electrons. The summed E-state index contributed by atoms with van der Waals surface area (Å²) in [5.41, 5.74) is 1.43. The van der Waals surface area contributed by atoms with Gasteiger partial charge in [-0.15, -0.1) is 11.3 Å². The van der Waals surface area contributed by atoms with E-state index in [0.717, 1.165) is 10.6 Å². The summed E-state index contributed by atoms with van der Waals surface area (Å²) in [6, 6.07) is 5.85. The van der Waals surface area contributed by atoms with E-state index < -0.39 is 0 Å². The molecule has 0 aliphatic carbocycles. The van der Waals surface area contributed by atoms with E-state index in [2.05, 4.69) is 15.7 Å². The second kappa shape index (κ2) is 6.54. The molecule has 0 saturated heterocycles. The van der Waals surface area contributed by atoms with Gasteiger partial charge in [-0.3, -0.25) is 14.3 Å². The Hall–Kier alpha value is -2.15. The number of hydrogen-bond donors (Lipinski definition) is 2. The molecule has 6 nitrogen and oxygen atoms in total. The van der Waals surface area contributed by atoms with Gasteiger partial charge in [0.25, 0.3) is 5.91 Å². The van der Waals surface area contributed by atoms with E-state index in [0.29, 0.717) is 25.1 Å². The lowest BCUT2D eigenvalue weighted by Crippen LogP contribution is -2.37. The van der Waals surface area contributed by atoms with Crippen LogP contribution >= 0.6 is 11.3 Å². The van der Waals surface area contributed by atoms with E-state index in [4.69, 9.17) is 0 Å². The van der Waals surface area contributed by atoms with Crippen LogP contribution in [0.1, 0.15) is 34.9 Å². The minimum absolute atomic E-state index is 0.0287. The molecule has 0 unspecified atom stereocenters. The third-order valence-electron chi connectivity index (χ3n) is 3.64. The molecule has 3 heterocycles. The average Bonchev–Trinajstić information content (AvgIpc) is 3.13. The fourth-order valence-corrected chi connectivity index (χ4v) is 3.40. The standard InChI is InChI=1S/C16H20N4O2S/c1-10(2)17-16(22)14-7-12-6-11(9-20(12)19-14)18-15(21)8-13-4-3-5-23-13/h3-5,7,10-11H,6,8-9H2,1-2H3,(H,17,22)(H,18,21)/t11-/m0/s1. The molecule has 0 saturated carbocycles. The first-order valence-corrected chi connectivity index (χ1v) is 8.58. The molecule has 0 bridgehead atoms. The first-order chi connectivity index (χ1) is 11.0. The molecule has 0 spiro atoms. The summed E-state index contributed by atoms with van der Waals surface area (Å²) >= 11 is 1.59. The smallest absolute Gasteiger partial charge is 0.271 e. The molecule has 1 atom stereocenters. The zero-order valence-corrected chi connectivity index (χ0v) is 14.0. The number of amides is 2. The molecule has 7 heteroatoms. The molecule has 1 aliphatic rings. The third-order valence-corrected chi connectivity index (χ3v) is 4.52. The maximum absolute atomic E-state index is 12.0. The lowest BCUT2D eigenvalue weighted by atomic mass is 10.2. The zero-order chi connectivity index (χ0) is 16.4. The van der Waals surface area contributed by atoms with Gasteiger partial charge >= 0.3 is 0 Å². The average molecular weight is 332 g/mol. The topological polar surface area (TPSA) is 76.0 Å². The number of nitrogens with zero attached hydrogens (tertiary/aromatic N) is 2. The molecule has 2 amide bonds. The molecular weight excluding hydrogens is 312 g/mol. The highest BCUT2D eigenvalue weighted by Crippen LogP contribution is 2.17. The van der Waals surface area contributed by atoms with Gasteiger partial charge in [-0.25, -0.2) is 0 Å². The largest absolute Gasteiger partial charge is 0.351 e. The van der Waals surface area contributed by atoms with Crippen LogP contribution in [0.2, 0.25) is 0 Å². The molecule has 2 aromatic heterocycles. The molecule has 2 N–H and O–H groups in total. The van der Waals surface area contributed by atoms with Crippen LogP contribution in [0.5, 0.6) is 0 Å². The lowest BCUT2D eigenvalue weighted by molar-refractivity contribution is -0.121. The van der Waals surface area contributed by atoms with Crippen molar-refractivity contribution in [3.63, 3.8) is 0 Å². The van der Waals surface area contributed by atoms with Crippen molar-refractivity contribution in [3.05, 3.63) is 39.8 Å². The number of hydrogen-bond acceptors (Lipinski definition) is 4.